The second-order valence-electron chi connectivity index (χ2n) is 7.08. The molecule has 1 saturated heterocycles. The third-order valence-corrected chi connectivity index (χ3v) is 6.16. The maximum Gasteiger partial charge on any atom is 0.246 e. The zero-order chi connectivity index (χ0) is 21.6. The van der Waals surface area contributed by atoms with Gasteiger partial charge in [0.2, 0.25) is 11.8 Å². The molecule has 31 heavy (non-hydrogen) atoms. The first kappa shape index (κ1) is 21.0. The van der Waals surface area contributed by atoms with Crippen molar-refractivity contribution < 1.29 is 9.53 Å². The van der Waals surface area contributed by atoms with Gasteiger partial charge in [0.05, 0.1) is 5.69 Å². The van der Waals surface area contributed by atoms with E-state index in [4.69, 9.17) is 15.5 Å². The fourth-order valence-corrected chi connectivity index (χ4v) is 4.41. The summed E-state index contributed by atoms with van der Waals surface area (Å²) in [4.78, 5) is 26.4. The Morgan fingerprint density at radius 3 is 2.58 bits per heavy atom. The summed E-state index contributed by atoms with van der Waals surface area (Å²) in [6.45, 7) is 5.14. The van der Waals surface area contributed by atoms with Gasteiger partial charge in [0.25, 0.3) is 0 Å². The highest BCUT2D eigenvalue weighted by atomic mass is 32.1. The van der Waals surface area contributed by atoms with E-state index in [0.717, 1.165) is 40.1 Å². The molecule has 0 aliphatic carbocycles. The number of allylic oxidation sites excluding steroid dienone is 1. The number of piperazine rings is 1. The Hall–Kier alpha value is -3.23. The van der Waals surface area contributed by atoms with Crippen LogP contribution in [0.15, 0.2) is 60.8 Å². The van der Waals surface area contributed by atoms with Crippen molar-refractivity contribution in [3.05, 3.63) is 65.7 Å². The van der Waals surface area contributed by atoms with Gasteiger partial charge in [-0.15, -0.1) is 0 Å². The van der Waals surface area contributed by atoms with Crippen LogP contribution in [0.25, 0.3) is 11.3 Å². The zero-order valence-corrected chi connectivity index (χ0v) is 18.2. The highest BCUT2D eigenvalue weighted by Crippen LogP contribution is 2.34. The number of thiazole rings is 1. The Morgan fingerprint density at radius 1 is 1.16 bits per heavy atom. The van der Waals surface area contributed by atoms with Crippen LogP contribution in [0, 0.1) is 0 Å². The first-order valence-electron chi connectivity index (χ1n) is 10.2. The molecule has 7 nitrogen and oxygen atoms in total. The topological polar surface area (TPSA) is 84.6 Å². The minimum atomic E-state index is 0.0634. The lowest BCUT2D eigenvalue weighted by Crippen LogP contribution is -2.48. The molecule has 3 heterocycles. The van der Waals surface area contributed by atoms with Crippen LogP contribution in [0.5, 0.6) is 11.6 Å². The predicted octanol–water partition coefficient (Wildman–Crippen LogP) is 3.68. The van der Waals surface area contributed by atoms with E-state index in [1.165, 1.54) is 0 Å². The van der Waals surface area contributed by atoms with E-state index in [-0.39, 0.29) is 5.91 Å². The number of anilines is 1. The average Bonchev–Trinajstić information content (AvgIpc) is 3.25. The van der Waals surface area contributed by atoms with Gasteiger partial charge < -0.3 is 20.3 Å². The van der Waals surface area contributed by atoms with E-state index in [1.807, 2.05) is 54.3 Å². The fourth-order valence-electron chi connectivity index (χ4n) is 3.39. The lowest BCUT2D eigenvalue weighted by molar-refractivity contribution is -0.126. The summed E-state index contributed by atoms with van der Waals surface area (Å²) < 4.78 is 5.77. The molecule has 2 N–H and O–H groups in total. The molecule has 1 aliphatic heterocycles. The van der Waals surface area contributed by atoms with Crippen LogP contribution in [0.3, 0.4) is 0 Å². The van der Waals surface area contributed by atoms with Gasteiger partial charge in [0, 0.05) is 55.4 Å². The summed E-state index contributed by atoms with van der Waals surface area (Å²) in [5.41, 5.74) is 7.77. The molecule has 0 atom stereocenters. The fraction of sp³-hybridized carbons (Fsp3) is 0.261. The number of hydrogen-bond donors (Lipinski definition) is 1. The standard InChI is InChI=1S/C23H25N5O2S/c1-2-6-21(29)27-11-13-28(14-12-27)23-26-22(19(15-24)31-23)17-9-10-20(25-16-17)30-18-7-4-3-5-8-18/h2-10,16H,11-15,24H2,1H3. The number of aromatic nitrogens is 2. The Morgan fingerprint density at radius 2 is 1.94 bits per heavy atom. The number of hydrogen-bond acceptors (Lipinski definition) is 7. The van der Waals surface area contributed by atoms with Crippen LogP contribution in [0.2, 0.25) is 0 Å². The van der Waals surface area contributed by atoms with Crippen molar-refractivity contribution in [1.82, 2.24) is 14.9 Å². The molecule has 0 bridgehead atoms. The number of nitrogens with zero attached hydrogens (tertiary/aromatic N) is 4. The third kappa shape index (κ3) is 4.92. The largest absolute Gasteiger partial charge is 0.439 e. The second kappa shape index (κ2) is 9.72. The van der Waals surface area contributed by atoms with Crippen molar-refractivity contribution in [3.63, 3.8) is 0 Å². The van der Waals surface area contributed by atoms with Crippen molar-refractivity contribution in [3.8, 4) is 22.9 Å². The number of benzene rings is 1. The monoisotopic (exact) mass is 435 g/mol. The first-order chi connectivity index (χ1) is 15.2. The first-order valence-corrected chi connectivity index (χ1v) is 11.0. The molecule has 1 fully saturated rings. The van der Waals surface area contributed by atoms with Crippen molar-refractivity contribution in [1.29, 1.82) is 0 Å². The van der Waals surface area contributed by atoms with Crippen LogP contribution >= 0.6 is 11.3 Å². The molecule has 3 aromatic rings. The highest BCUT2D eigenvalue weighted by molar-refractivity contribution is 7.16. The van der Waals surface area contributed by atoms with E-state index in [1.54, 1.807) is 29.7 Å². The molecule has 0 radical (unpaired) electrons. The molecule has 1 aromatic carbocycles. The van der Waals surface area contributed by atoms with Gasteiger partial charge in [-0.3, -0.25) is 4.79 Å². The molecule has 0 unspecified atom stereocenters. The normalized spacial score (nSPS) is 14.3. The van der Waals surface area contributed by atoms with Crippen molar-refractivity contribution in [2.24, 2.45) is 5.73 Å². The Kier molecular flexibility index (Phi) is 6.59. The zero-order valence-electron chi connectivity index (χ0n) is 17.4. The molecular formula is C23H25N5O2S. The maximum atomic E-state index is 12.0. The Balaban J connectivity index is 1.47. The van der Waals surface area contributed by atoms with Gasteiger partial charge in [0.1, 0.15) is 5.75 Å². The van der Waals surface area contributed by atoms with Gasteiger partial charge in [-0.25, -0.2) is 9.97 Å². The number of ether oxygens (including phenoxy) is 1. The van der Waals surface area contributed by atoms with Crippen LogP contribution in [0.1, 0.15) is 11.8 Å². The summed E-state index contributed by atoms with van der Waals surface area (Å²) in [7, 11) is 0. The molecule has 1 amide bonds. The molecule has 8 heteroatoms. The second-order valence-corrected chi connectivity index (χ2v) is 8.15. The maximum absolute atomic E-state index is 12.0. The van der Waals surface area contributed by atoms with E-state index >= 15 is 0 Å². The lowest BCUT2D eigenvalue weighted by Gasteiger charge is -2.34. The van der Waals surface area contributed by atoms with Crippen LogP contribution < -0.4 is 15.4 Å². The van der Waals surface area contributed by atoms with E-state index in [2.05, 4.69) is 9.88 Å². The molecule has 2 aromatic heterocycles. The minimum absolute atomic E-state index is 0.0634. The van der Waals surface area contributed by atoms with Crippen molar-refractivity contribution in [2.45, 2.75) is 13.5 Å². The number of para-hydroxylation sites is 1. The number of carbonyl (C=O) groups is 1. The summed E-state index contributed by atoms with van der Waals surface area (Å²) in [6.07, 6.45) is 5.16. The number of pyridine rings is 1. The van der Waals surface area contributed by atoms with Crippen LogP contribution in [-0.4, -0.2) is 47.0 Å². The van der Waals surface area contributed by atoms with Crippen LogP contribution in [0.4, 0.5) is 5.13 Å². The van der Waals surface area contributed by atoms with Gasteiger partial charge >= 0.3 is 0 Å². The number of nitrogens with two attached hydrogens (primary N) is 1. The smallest absolute Gasteiger partial charge is 0.246 e. The number of carbonyl (C=O) groups excluding carboxylic acids is 1. The summed E-state index contributed by atoms with van der Waals surface area (Å²) in [6, 6.07) is 13.4. The van der Waals surface area contributed by atoms with Crippen molar-refractivity contribution in [2.75, 3.05) is 31.1 Å². The minimum Gasteiger partial charge on any atom is -0.439 e. The van der Waals surface area contributed by atoms with E-state index in [0.29, 0.717) is 25.5 Å². The molecule has 0 spiro atoms. The number of amides is 1. The summed E-state index contributed by atoms with van der Waals surface area (Å²) >= 11 is 1.60. The highest BCUT2D eigenvalue weighted by Gasteiger charge is 2.23. The molecule has 160 valence electrons. The van der Waals surface area contributed by atoms with Crippen LogP contribution in [-0.2, 0) is 11.3 Å². The van der Waals surface area contributed by atoms with Gasteiger partial charge in [0.15, 0.2) is 5.13 Å². The van der Waals surface area contributed by atoms with Crippen molar-refractivity contribution >= 4 is 22.4 Å². The van der Waals surface area contributed by atoms with Gasteiger partial charge in [-0.05, 0) is 31.2 Å². The molecular weight excluding hydrogens is 410 g/mol. The van der Waals surface area contributed by atoms with Gasteiger partial charge in [-0.1, -0.05) is 35.6 Å². The molecule has 0 saturated carbocycles. The Labute approximate surface area is 185 Å². The SMILES string of the molecule is CC=CC(=O)N1CCN(c2nc(-c3ccc(Oc4ccccc4)nc3)c(CN)s2)CC1. The summed E-state index contributed by atoms with van der Waals surface area (Å²) in [5, 5.41) is 0.929. The Bertz CT molecular complexity index is 1040. The number of rotatable bonds is 6. The lowest BCUT2D eigenvalue weighted by atomic mass is 10.2. The predicted molar refractivity (Wildman–Crippen MR) is 123 cm³/mol. The molecule has 1 aliphatic rings. The van der Waals surface area contributed by atoms with Gasteiger partial charge in [-0.2, -0.15) is 0 Å². The summed E-state index contributed by atoms with van der Waals surface area (Å²) in [5.74, 6) is 1.34. The quantitative estimate of drug-likeness (QED) is 0.595. The third-order valence-electron chi connectivity index (χ3n) is 5.02. The van der Waals surface area contributed by atoms with E-state index < -0.39 is 0 Å². The molecule has 4 rings (SSSR count). The van der Waals surface area contributed by atoms with E-state index in [9.17, 15) is 4.79 Å². The average molecular weight is 436 g/mol.